The van der Waals surface area contributed by atoms with E-state index in [4.69, 9.17) is 15.3 Å². The maximum Gasteiger partial charge on any atom is 0.337 e. The largest absolute Gasteiger partial charge is 0.394 e. The number of hydrogen-bond acceptors (Lipinski definition) is 6. The van der Waals surface area contributed by atoms with Gasteiger partial charge in [-0.1, -0.05) is 0 Å². The van der Waals surface area contributed by atoms with Crippen LogP contribution in [-0.4, -0.2) is 49.8 Å². The summed E-state index contributed by atoms with van der Waals surface area (Å²) in [7, 11) is 0. The first-order chi connectivity index (χ1) is 8.04. The van der Waals surface area contributed by atoms with E-state index in [0.717, 1.165) is 4.57 Å². The van der Waals surface area contributed by atoms with E-state index < -0.39 is 36.8 Å². The zero-order valence-corrected chi connectivity index (χ0v) is 8.62. The quantitative estimate of drug-likeness (QED) is 0.373. The first kappa shape index (κ1) is 11.8. The number of nitrogens with zero attached hydrogens (tertiary/aromatic N) is 1. The number of ether oxygens (including phenoxy) is 1. The molecule has 2 unspecified atom stereocenters. The maximum atomic E-state index is 11.5. The molecule has 0 amide bonds. The Labute approximate surface area is 95.2 Å². The number of H-pyrrole nitrogens is 1. The molecule has 8 nitrogen and oxygen atoms in total. The first-order valence-electron chi connectivity index (χ1n) is 4.87. The van der Waals surface area contributed by atoms with Crippen LogP contribution in [0.2, 0.25) is 0 Å². The number of aromatic nitrogens is 2. The van der Waals surface area contributed by atoms with Crippen molar-refractivity contribution in [3.63, 3.8) is 0 Å². The predicted molar refractivity (Wildman–Crippen MR) is 51.6 cm³/mol. The summed E-state index contributed by atoms with van der Waals surface area (Å²) in [5, 5.41) is 35.2. The zero-order chi connectivity index (χ0) is 12.6. The minimum absolute atomic E-state index is 0.252. The lowest BCUT2D eigenvalue weighted by Crippen LogP contribution is -2.37. The average Bonchev–Trinajstić information content (AvgIpc) is 2.57. The fourth-order valence-corrected chi connectivity index (χ4v) is 1.64. The molecule has 92 valence electrons. The third-order valence-corrected chi connectivity index (χ3v) is 2.52. The van der Waals surface area contributed by atoms with Gasteiger partial charge in [-0.25, -0.2) is 9.36 Å². The van der Waals surface area contributed by atoms with Crippen LogP contribution in [0.4, 0.5) is 0 Å². The Morgan fingerprint density at radius 2 is 2.18 bits per heavy atom. The Hall–Kier alpha value is -1.66. The molecule has 0 aromatic carbocycles. The van der Waals surface area contributed by atoms with Crippen molar-refractivity contribution in [3.8, 4) is 0 Å². The van der Waals surface area contributed by atoms with Gasteiger partial charge in [-0.3, -0.25) is 10.4 Å². The fourth-order valence-electron chi connectivity index (χ4n) is 1.64. The molecule has 1 aromatic heterocycles. The molecule has 1 fully saturated rings. The maximum absolute atomic E-state index is 11.5. The van der Waals surface area contributed by atoms with Crippen LogP contribution in [0.3, 0.4) is 0 Å². The van der Waals surface area contributed by atoms with Crippen LogP contribution in [0, 0.1) is 17.7 Å². The summed E-state index contributed by atoms with van der Waals surface area (Å²) < 4.78 is 5.97. The lowest BCUT2D eigenvalue weighted by Gasteiger charge is -2.14. The van der Waals surface area contributed by atoms with Gasteiger partial charge in [0.05, 0.1) is 6.61 Å². The molecule has 0 saturated carbocycles. The van der Waals surface area contributed by atoms with Crippen LogP contribution in [0.1, 0.15) is 6.23 Å². The molecule has 1 saturated heterocycles. The molecule has 8 heteroatoms. The van der Waals surface area contributed by atoms with Gasteiger partial charge < -0.3 is 20.1 Å². The summed E-state index contributed by atoms with van der Waals surface area (Å²) in [5.74, 6) is 0. The van der Waals surface area contributed by atoms with E-state index >= 15 is 0 Å². The number of nitrogens with one attached hydrogen (secondary N) is 2. The highest BCUT2D eigenvalue weighted by molar-refractivity contribution is 4.89. The fraction of sp³-hybridized carbons (Fsp3) is 0.556. The van der Waals surface area contributed by atoms with Crippen molar-refractivity contribution in [2.24, 2.45) is 0 Å². The highest BCUT2D eigenvalue weighted by Gasteiger charge is 2.43. The number of aliphatic hydroxyl groups excluding tert-OH is 3. The van der Waals surface area contributed by atoms with E-state index in [-0.39, 0.29) is 5.49 Å². The number of aliphatic hydroxyl groups is 3. The van der Waals surface area contributed by atoms with Gasteiger partial charge in [0.2, 0.25) is 0 Å². The molecule has 0 aliphatic carbocycles. The standard InChI is InChI=1S/C9H11N3O5/c10-5-1-2-12(9(16)11-5)8-7(15)6(14)4(3-13)17-8/h4,6-8,13-15H,3H2,(H2,10,11,16)/t4-,6?,7-,8?/m1/s1. The van der Waals surface area contributed by atoms with Crippen LogP contribution in [-0.2, 0) is 4.74 Å². The molecule has 1 aliphatic rings. The lowest BCUT2D eigenvalue weighted by molar-refractivity contribution is -0.0550. The Bertz CT molecular complexity index is 510. The summed E-state index contributed by atoms with van der Waals surface area (Å²) >= 11 is 0. The molecular weight excluding hydrogens is 230 g/mol. The van der Waals surface area contributed by atoms with Crippen LogP contribution in [0.25, 0.3) is 0 Å². The van der Waals surface area contributed by atoms with E-state index in [2.05, 4.69) is 17.2 Å². The summed E-state index contributed by atoms with van der Waals surface area (Å²) in [5.41, 5.74) is -0.971. The van der Waals surface area contributed by atoms with Crippen molar-refractivity contribution in [2.75, 3.05) is 6.61 Å². The normalized spacial score (nSPS) is 32.4. The molecule has 2 rings (SSSR count). The molecule has 5 N–H and O–H groups in total. The minimum atomic E-state index is -1.36. The van der Waals surface area contributed by atoms with Crippen molar-refractivity contribution in [2.45, 2.75) is 24.5 Å². The number of hydrogen-bond donors (Lipinski definition) is 5. The second kappa shape index (κ2) is 4.31. The van der Waals surface area contributed by atoms with Crippen LogP contribution in [0.15, 0.2) is 4.79 Å². The molecule has 1 aromatic rings. The Morgan fingerprint density at radius 3 is 2.71 bits per heavy atom. The summed E-state index contributed by atoms with van der Waals surface area (Å²) in [4.78, 5) is 13.6. The predicted octanol–water partition coefficient (Wildman–Crippen LogP) is -3.13. The highest BCUT2D eigenvalue weighted by atomic mass is 16.6. The third kappa shape index (κ3) is 1.96. The van der Waals surface area contributed by atoms with E-state index in [9.17, 15) is 15.0 Å². The summed E-state index contributed by atoms with van der Waals surface area (Å²) in [6, 6.07) is 2.30. The Morgan fingerprint density at radius 1 is 1.47 bits per heavy atom. The highest BCUT2D eigenvalue weighted by Crippen LogP contribution is 2.27. The average molecular weight is 241 g/mol. The second-order valence-electron chi connectivity index (χ2n) is 3.64. The van der Waals surface area contributed by atoms with Gasteiger partial charge in [-0.05, 0) is 6.07 Å². The number of rotatable bonds is 2. The lowest BCUT2D eigenvalue weighted by atomic mass is 10.1. The minimum Gasteiger partial charge on any atom is -0.394 e. The van der Waals surface area contributed by atoms with E-state index in [0.29, 0.717) is 0 Å². The first-order valence-corrected chi connectivity index (χ1v) is 4.87. The molecule has 0 radical (unpaired) electrons. The van der Waals surface area contributed by atoms with E-state index in [1.807, 2.05) is 0 Å². The topological polar surface area (TPSA) is 132 Å². The van der Waals surface area contributed by atoms with Crippen molar-refractivity contribution in [3.05, 3.63) is 28.2 Å². The van der Waals surface area contributed by atoms with Gasteiger partial charge in [-0.2, -0.15) is 0 Å². The Balaban J connectivity index is 2.35. The second-order valence-corrected chi connectivity index (χ2v) is 3.64. The number of aromatic amines is 1. The van der Waals surface area contributed by atoms with Gasteiger partial charge in [-0.15, -0.1) is 0 Å². The molecule has 0 bridgehead atoms. The van der Waals surface area contributed by atoms with Gasteiger partial charge in [0, 0.05) is 6.20 Å². The molecule has 1 aliphatic heterocycles. The summed E-state index contributed by atoms with van der Waals surface area (Å²) in [6.07, 6.45) is -2.46. The Kier molecular flexibility index (Phi) is 2.99. The van der Waals surface area contributed by atoms with Crippen LogP contribution >= 0.6 is 0 Å². The molecule has 17 heavy (non-hydrogen) atoms. The van der Waals surface area contributed by atoms with Crippen molar-refractivity contribution in [1.29, 1.82) is 5.41 Å². The molecular formula is C9H11N3O5. The van der Waals surface area contributed by atoms with Crippen molar-refractivity contribution in [1.82, 2.24) is 9.55 Å². The zero-order valence-electron chi connectivity index (χ0n) is 8.62. The monoisotopic (exact) mass is 241 g/mol. The molecule has 0 spiro atoms. The van der Waals surface area contributed by atoms with Gasteiger partial charge in [0.15, 0.2) is 11.7 Å². The van der Waals surface area contributed by atoms with E-state index in [1.165, 1.54) is 0 Å². The SMILES string of the molecule is N=c1c#cn(C2O[C@H](CO)C(O)[C@H]2O)c(=O)[nH]1. The van der Waals surface area contributed by atoms with Crippen LogP contribution in [0.5, 0.6) is 0 Å². The molecule has 4 atom stereocenters. The van der Waals surface area contributed by atoms with Crippen LogP contribution < -0.4 is 11.2 Å². The van der Waals surface area contributed by atoms with Gasteiger partial charge in [0.1, 0.15) is 18.3 Å². The van der Waals surface area contributed by atoms with Crippen molar-refractivity contribution >= 4 is 0 Å². The smallest absolute Gasteiger partial charge is 0.337 e. The third-order valence-electron chi connectivity index (χ3n) is 2.52. The summed E-state index contributed by atoms with van der Waals surface area (Å²) in [6.45, 7) is -0.479. The van der Waals surface area contributed by atoms with Crippen molar-refractivity contribution < 1.29 is 20.1 Å². The van der Waals surface area contributed by atoms with Gasteiger partial charge >= 0.3 is 5.69 Å². The molecule has 2 heterocycles. The van der Waals surface area contributed by atoms with E-state index in [1.54, 1.807) is 0 Å². The van der Waals surface area contributed by atoms with Gasteiger partial charge in [0.25, 0.3) is 0 Å².